The third-order valence-electron chi connectivity index (χ3n) is 1.60. The monoisotopic (exact) mass is 188 g/mol. The van der Waals surface area contributed by atoms with Gasteiger partial charge < -0.3 is 0 Å². The Morgan fingerprint density at radius 1 is 1.14 bits per heavy atom. The van der Waals surface area contributed by atoms with Crippen molar-refractivity contribution in [2.24, 2.45) is 0 Å². The number of hydrogen-bond donors (Lipinski definition) is 2. The molecule has 0 rings (SSSR count). The number of thiol groups is 2. The topological polar surface area (TPSA) is 0 Å². The van der Waals surface area contributed by atoms with Crippen molar-refractivity contribution in [2.45, 2.75) is 23.9 Å². The molecule has 0 saturated carbocycles. The van der Waals surface area contributed by atoms with Crippen LogP contribution in [0.25, 0.3) is 0 Å². The van der Waals surface area contributed by atoms with Gasteiger partial charge in [-0.1, -0.05) is 0 Å². The zero-order valence-corrected chi connectivity index (χ0v) is 9.77. The average molecular weight is 190 g/mol. The average Bonchev–Trinajstić information content (AvgIpc) is 1.68. The maximum atomic E-state index is 4.47. The summed E-state index contributed by atoms with van der Waals surface area (Å²) < 4.78 is 0. The summed E-state index contributed by atoms with van der Waals surface area (Å²) in [6.07, 6.45) is 0. The number of rotatable bonds is 2. The first-order valence-corrected chi connectivity index (χ1v) is 16.5. The van der Waals surface area contributed by atoms with Gasteiger partial charge in [-0.2, -0.15) is 0 Å². The summed E-state index contributed by atoms with van der Waals surface area (Å²) in [6, 6.07) is 0. The molecule has 0 unspecified atom stereocenters. The Labute approximate surface area is 57.4 Å². The zero-order chi connectivity index (χ0) is 5.91. The summed E-state index contributed by atoms with van der Waals surface area (Å²) in [6.45, 7) is 4.37. The second-order valence-corrected chi connectivity index (χ2v) is 27.6. The predicted molar refractivity (Wildman–Crippen MR) is 38.9 cm³/mol. The second-order valence-electron chi connectivity index (χ2n) is 2.39. The van der Waals surface area contributed by atoms with E-state index < -0.39 is 12.3 Å². The summed E-state index contributed by atoms with van der Waals surface area (Å²) in [5, 5.41) is 2.48. The third-order valence-corrected chi connectivity index (χ3v) is 17.6. The molecule has 0 aromatic rings. The van der Waals surface area contributed by atoms with Gasteiger partial charge in [-0.3, -0.25) is 0 Å². The van der Waals surface area contributed by atoms with Gasteiger partial charge in [0.25, 0.3) is 0 Å². The number of hydrogen-bond acceptors (Lipinski definition) is 2. The summed E-state index contributed by atoms with van der Waals surface area (Å²) in [7, 11) is 8.94. The molecule has 0 fully saturated rings. The van der Waals surface area contributed by atoms with Crippen molar-refractivity contribution >= 4 is 21.2 Å². The van der Waals surface area contributed by atoms with Crippen LogP contribution in [0, 0.1) is 0 Å². The van der Waals surface area contributed by atoms with E-state index in [1.54, 1.807) is 0 Å². The zero-order valence-electron chi connectivity index (χ0n) is 5.02. The van der Waals surface area contributed by atoms with E-state index in [1.165, 1.54) is 10.0 Å². The van der Waals surface area contributed by atoms with Crippen molar-refractivity contribution in [3.05, 3.63) is 0 Å². The summed E-state index contributed by atoms with van der Waals surface area (Å²) in [5.41, 5.74) is 0. The van der Waals surface area contributed by atoms with Crippen molar-refractivity contribution in [3.8, 4) is 0 Å². The van der Waals surface area contributed by atoms with Crippen LogP contribution in [0.2, 0.25) is 10.0 Å². The van der Waals surface area contributed by atoms with Gasteiger partial charge in [0, 0.05) is 0 Å². The molecule has 0 N–H and O–H groups in total. The molecule has 0 aliphatic carbocycles. The molecular formula is C4H12S2Zn. The third kappa shape index (κ3) is 3.87. The Morgan fingerprint density at radius 2 is 1.43 bits per heavy atom. The maximum absolute atomic E-state index is 4.47. The molecule has 0 amide bonds. The Morgan fingerprint density at radius 3 is 1.43 bits per heavy atom. The van der Waals surface area contributed by atoms with Gasteiger partial charge in [0.15, 0.2) is 0 Å². The van der Waals surface area contributed by atoms with E-state index in [1.807, 2.05) is 0 Å². The van der Waals surface area contributed by atoms with Crippen LogP contribution in [0.5, 0.6) is 0 Å². The first-order valence-electron chi connectivity index (χ1n) is 3.05. The Bertz CT molecular complexity index is 47.7. The molecule has 7 heavy (non-hydrogen) atoms. The van der Waals surface area contributed by atoms with Gasteiger partial charge in [0.05, 0.1) is 0 Å². The Kier molecular flexibility index (Phi) is 4.01. The van der Waals surface area contributed by atoms with Crippen LogP contribution in [0.4, 0.5) is 0 Å². The van der Waals surface area contributed by atoms with Crippen LogP contribution in [-0.4, -0.2) is 0 Å². The molecule has 3 heteroatoms. The molecule has 0 nitrogen and oxygen atoms in total. The Balaban J connectivity index is 3.36. The molecule has 0 aliphatic rings. The minimum atomic E-state index is -1.97. The molecule has 0 spiro atoms. The molecule has 0 aromatic heterocycles. The van der Waals surface area contributed by atoms with Gasteiger partial charge in [-0.15, -0.1) is 0 Å². The van der Waals surface area contributed by atoms with E-state index in [9.17, 15) is 0 Å². The van der Waals surface area contributed by atoms with Crippen LogP contribution in [0.1, 0.15) is 13.8 Å². The quantitative estimate of drug-likeness (QED) is 0.485. The van der Waals surface area contributed by atoms with E-state index in [2.05, 4.69) is 35.1 Å². The van der Waals surface area contributed by atoms with Crippen LogP contribution >= 0.6 is 21.2 Å². The van der Waals surface area contributed by atoms with E-state index in [4.69, 9.17) is 0 Å². The SMILES string of the molecule is C[CH2][Zn]([SH])([SH])[CH2]C. The van der Waals surface area contributed by atoms with E-state index in [0.29, 0.717) is 0 Å². The summed E-state index contributed by atoms with van der Waals surface area (Å²) in [4.78, 5) is 0. The van der Waals surface area contributed by atoms with Crippen LogP contribution in [0.15, 0.2) is 0 Å². The van der Waals surface area contributed by atoms with E-state index in [0.717, 1.165) is 0 Å². The van der Waals surface area contributed by atoms with Crippen LogP contribution in [0.3, 0.4) is 0 Å². The first kappa shape index (κ1) is 8.32. The first-order chi connectivity index (χ1) is 3.12. The van der Waals surface area contributed by atoms with Gasteiger partial charge in [0.2, 0.25) is 0 Å². The van der Waals surface area contributed by atoms with Gasteiger partial charge in [-0.25, -0.2) is 0 Å². The molecule has 0 bridgehead atoms. The predicted octanol–water partition coefficient (Wildman–Crippen LogP) is 2.71. The van der Waals surface area contributed by atoms with Gasteiger partial charge >= 0.3 is 57.5 Å². The molecule has 0 radical (unpaired) electrons. The standard InChI is InChI=1S/2C2H5.2H2S.Zn/c2*1-2;;;/h2*1H2,2H3;2*1H2;/q;;;;+2/p-2. The van der Waals surface area contributed by atoms with Crippen molar-refractivity contribution in [1.29, 1.82) is 0 Å². The van der Waals surface area contributed by atoms with E-state index in [-0.39, 0.29) is 0 Å². The van der Waals surface area contributed by atoms with Crippen molar-refractivity contribution in [3.63, 3.8) is 0 Å². The van der Waals surface area contributed by atoms with Crippen LogP contribution in [-0.2, 0) is 12.3 Å². The molecule has 0 aromatic carbocycles. The summed E-state index contributed by atoms with van der Waals surface area (Å²) in [5.74, 6) is 0. The molecule has 0 aliphatic heterocycles. The fraction of sp³-hybridized carbons (Fsp3) is 1.00. The van der Waals surface area contributed by atoms with Crippen molar-refractivity contribution < 1.29 is 12.3 Å². The van der Waals surface area contributed by atoms with Crippen molar-refractivity contribution in [2.75, 3.05) is 0 Å². The molecule has 0 atom stereocenters. The molecule has 0 heterocycles. The van der Waals surface area contributed by atoms with Gasteiger partial charge in [-0.05, 0) is 0 Å². The van der Waals surface area contributed by atoms with Crippen molar-refractivity contribution in [1.82, 2.24) is 0 Å². The normalized spacial score (nSPS) is 9.71. The fourth-order valence-electron chi connectivity index (χ4n) is 0.354. The molecular weight excluding hydrogens is 178 g/mol. The molecule has 0 saturated heterocycles. The fourth-order valence-corrected chi connectivity index (χ4v) is 1.84. The van der Waals surface area contributed by atoms with Gasteiger partial charge in [0.1, 0.15) is 0 Å². The summed E-state index contributed by atoms with van der Waals surface area (Å²) >= 11 is -1.97. The second kappa shape index (κ2) is 3.37. The Hall–Kier alpha value is 1.32. The van der Waals surface area contributed by atoms with E-state index >= 15 is 0 Å². The minimum absolute atomic E-state index is 1.24. The molecule has 42 valence electrons. The van der Waals surface area contributed by atoms with Crippen LogP contribution < -0.4 is 0 Å².